The Labute approximate surface area is 158 Å². The lowest BCUT2D eigenvalue weighted by Gasteiger charge is -2.33. The third kappa shape index (κ3) is 4.67. The smallest absolute Gasteiger partial charge is 0.253 e. The first-order valence-electron chi connectivity index (χ1n) is 8.85. The maximum Gasteiger partial charge on any atom is 0.253 e. The second kappa shape index (κ2) is 8.41. The van der Waals surface area contributed by atoms with Crippen molar-refractivity contribution in [1.29, 1.82) is 0 Å². The number of hydrogen-bond acceptors (Lipinski definition) is 4. The van der Waals surface area contributed by atoms with Gasteiger partial charge in [-0.15, -0.1) is 0 Å². The number of ether oxygens (including phenoxy) is 2. The van der Waals surface area contributed by atoms with Crippen LogP contribution in [0.1, 0.15) is 37.0 Å². The highest BCUT2D eigenvalue weighted by Gasteiger charge is 2.26. The normalized spacial score (nSPS) is 17.2. The fraction of sp³-hybridized carbons (Fsp3) is 0.400. The quantitative estimate of drug-likeness (QED) is 0.786. The summed E-state index contributed by atoms with van der Waals surface area (Å²) in [5, 5.41) is 0.483. The molecular weight excluding hydrogens is 352 g/mol. The minimum absolute atomic E-state index is 0.00947. The summed E-state index contributed by atoms with van der Waals surface area (Å²) < 4.78 is 11.6. The lowest BCUT2D eigenvalue weighted by Crippen LogP contribution is -2.44. The van der Waals surface area contributed by atoms with Crippen LogP contribution in [-0.4, -0.2) is 41.1 Å². The molecule has 1 aromatic heterocycles. The molecule has 0 bridgehead atoms. The van der Waals surface area contributed by atoms with Gasteiger partial charge in [0.1, 0.15) is 22.6 Å². The average Bonchev–Trinajstić information content (AvgIpc) is 2.63. The van der Waals surface area contributed by atoms with Crippen molar-refractivity contribution in [2.24, 2.45) is 0 Å². The van der Waals surface area contributed by atoms with E-state index in [1.807, 2.05) is 43.0 Å². The largest absolute Gasteiger partial charge is 0.491 e. The standard InChI is InChI=1S/C20H23ClN2O3/c1-14(2)25-16-7-5-15(6-8-16)20(24)23-11-3-4-17(13-23)26-19-9-10-22-12-18(19)21/h5-10,12,14,17H,3-4,11,13H2,1-2H3. The second-order valence-electron chi connectivity index (χ2n) is 6.63. The van der Waals surface area contributed by atoms with Crippen molar-refractivity contribution >= 4 is 17.5 Å². The molecule has 0 spiro atoms. The van der Waals surface area contributed by atoms with Crippen LogP contribution in [0.4, 0.5) is 0 Å². The van der Waals surface area contributed by atoms with Gasteiger partial charge in [0.05, 0.1) is 12.6 Å². The number of halogens is 1. The Morgan fingerprint density at radius 2 is 2.04 bits per heavy atom. The molecule has 0 aliphatic carbocycles. The fourth-order valence-corrected chi connectivity index (χ4v) is 3.15. The van der Waals surface area contributed by atoms with Gasteiger partial charge in [-0.1, -0.05) is 11.6 Å². The molecule has 0 saturated carbocycles. The summed E-state index contributed by atoms with van der Waals surface area (Å²) in [6.07, 6.45) is 5.03. The van der Waals surface area contributed by atoms with Gasteiger partial charge in [0, 0.05) is 30.6 Å². The number of benzene rings is 1. The van der Waals surface area contributed by atoms with Crippen molar-refractivity contribution < 1.29 is 14.3 Å². The van der Waals surface area contributed by atoms with Crippen LogP contribution in [-0.2, 0) is 0 Å². The number of pyridine rings is 1. The van der Waals surface area contributed by atoms with Gasteiger partial charge in [-0.3, -0.25) is 9.78 Å². The second-order valence-corrected chi connectivity index (χ2v) is 7.04. The van der Waals surface area contributed by atoms with Gasteiger partial charge in [-0.25, -0.2) is 0 Å². The number of rotatable bonds is 5. The lowest BCUT2D eigenvalue weighted by atomic mass is 10.1. The Morgan fingerprint density at radius 3 is 2.73 bits per heavy atom. The molecule has 0 radical (unpaired) electrons. The van der Waals surface area contributed by atoms with E-state index in [-0.39, 0.29) is 18.1 Å². The van der Waals surface area contributed by atoms with Gasteiger partial charge in [0.15, 0.2) is 0 Å². The van der Waals surface area contributed by atoms with Crippen LogP contribution >= 0.6 is 11.6 Å². The first-order chi connectivity index (χ1) is 12.5. The molecule has 1 aliphatic rings. The van der Waals surface area contributed by atoms with E-state index in [0.29, 0.717) is 22.9 Å². The molecular formula is C20H23ClN2O3. The van der Waals surface area contributed by atoms with Crippen LogP contribution in [0.2, 0.25) is 5.02 Å². The van der Waals surface area contributed by atoms with Crippen molar-refractivity contribution in [2.75, 3.05) is 13.1 Å². The van der Waals surface area contributed by atoms with E-state index in [2.05, 4.69) is 4.98 Å². The van der Waals surface area contributed by atoms with Gasteiger partial charge < -0.3 is 14.4 Å². The first kappa shape index (κ1) is 18.5. The molecule has 6 heteroatoms. The van der Waals surface area contributed by atoms with Gasteiger partial charge in [0.2, 0.25) is 0 Å². The third-order valence-electron chi connectivity index (χ3n) is 4.17. The highest BCUT2D eigenvalue weighted by atomic mass is 35.5. The van der Waals surface area contributed by atoms with Crippen molar-refractivity contribution in [3.63, 3.8) is 0 Å². The minimum Gasteiger partial charge on any atom is -0.491 e. The van der Waals surface area contributed by atoms with Crippen LogP contribution < -0.4 is 9.47 Å². The molecule has 138 valence electrons. The summed E-state index contributed by atoms with van der Waals surface area (Å²) in [5.74, 6) is 1.38. The van der Waals surface area contributed by atoms with Crippen molar-refractivity contribution in [2.45, 2.75) is 38.9 Å². The zero-order valence-corrected chi connectivity index (χ0v) is 15.8. The van der Waals surface area contributed by atoms with Crippen LogP contribution in [0.3, 0.4) is 0 Å². The molecule has 1 fully saturated rings. The van der Waals surface area contributed by atoms with E-state index in [9.17, 15) is 4.79 Å². The number of carbonyl (C=O) groups is 1. The number of carbonyl (C=O) groups excluding carboxylic acids is 1. The lowest BCUT2D eigenvalue weighted by molar-refractivity contribution is 0.0538. The minimum atomic E-state index is -0.0730. The maximum absolute atomic E-state index is 12.8. The Hall–Kier alpha value is -2.27. The molecule has 1 atom stereocenters. The van der Waals surface area contributed by atoms with Crippen LogP contribution in [0.5, 0.6) is 11.5 Å². The van der Waals surface area contributed by atoms with Crippen LogP contribution in [0, 0.1) is 0 Å². The molecule has 1 unspecified atom stereocenters. The number of hydrogen-bond donors (Lipinski definition) is 0. The van der Waals surface area contributed by atoms with E-state index in [4.69, 9.17) is 21.1 Å². The van der Waals surface area contributed by atoms with Gasteiger partial charge in [-0.2, -0.15) is 0 Å². The Balaban J connectivity index is 1.63. The Bertz CT molecular complexity index is 749. The summed E-state index contributed by atoms with van der Waals surface area (Å²) in [4.78, 5) is 18.6. The summed E-state index contributed by atoms with van der Waals surface area (Å²) in [6.45, 7) is 5.22. The van der Waals surface area contributed by atoms with E-state index in [1.54, 1.807) is 18.5 Å². The predicted molar refractivity (Wildman–Crippen MR) is 101 cm³/mol. The topological polar surface area (TPSA) is 51.7 Å². The molecule has 0 N–H and O–H groups in total. The molecule has 1 saturated heterocycles. The number of piperidine rings is 1. The van der Waals surface area contributed by atoms with Gasteiger partial charge in [-0.05, 0) is 51.0 Å². The molecule has 1 aromatic carbocycles. The molecule has 5 nitrogen and oxygen atoms in total. The predicted octanol–water partition coefficient (Wildman–Crippen LogP) is 4.21. The van der Waals surface area contributed by atoms with E-state index in [1.165, 1.54) is 0 Å². The van der Waals surface area contributed by atoms with Crippen molar-refractivity contribution in [1.82, 2.24) is 9.88 Å². The SMILES string of the molecule is CC(C)Oc1ccc(C(=O)N2CCCC(Oc3ccncc3Cl)C2)cc1. The van der Waals surface area contributed by atoms with E-state index in [0.717, 1.165) is 25.1 Å². The van der Waals surface area contributed by atoms with Crippen molar-refractivity contribution in [3.8, 4) is 11.5 Å². The van der Waals surface area contributed by atoms with Gasteiger partial charge >= 0.3 is 0 Å². The van der Waals surface area contributed by atoms with E-state index < -0.39 is 0 Å². The Kier molecular flexibility index (Phi) is 5.99. The fourth-order valence-electron chi connectivity index (χ4n) is 2.99. The zero-order valence-electron chi connectivity index (χ0n) is 15.0. The molecule has 26 heavy (non-hydrogen) atoms. The average molecular weight is 375 g/mol. The molecule has 1 aliphatic heterocycles. The maximum atomic E-state index is 12.8. The summed E-state index contributed by atoms with van der Waals surface area (Å²) in [6, 6.07) is 9.04. The number of nitrogens with zero attached hydrogens (tertiary/aromatic N) is 2. The highest BCUT2D eigenvalue weighted by Crippen LogP contribution is 2.26. The zero-order chi connectivity index (χ0) is 18.5. The van der Waals surface area contributed by atoms with Crippen LogP contribution in [0.25, 0.3) is 0 Å². The summed E-state index contributed by atoms with van der Waals surface area (Å²) in [7, 11) is 0. The molecule has 3 rings (SSSR count). The first-order valence-corrected chi connectivity index (χ1v) is 9.23. The number of likely N-dealkylation sites (tertiary alicyclic amines) is 1. The van der Waals surface area contributed by atoms with Crippen LogP contribution in [0.15, 0.2) is 42.7 Å². The van der Waals surface area contributed by atoms with Crippen molar-refractivity contribution in [3.05, 3.63) is 53.3 Å². The molecule has 2 aromatic rings. The summed E-state index contributed by atoms with van der Waals surface area (Å²) >= 11 is 6.11. The van der Waals surface area contributed by atoms with E-state index >= 15 is 0 Å². The summed E-state index contributed by atoms with van der Waals surface area (Å²) in [5.41, 5.74) is 0.656. The molecule has 2 heterocycles. The van der Waals surface area contributed by atoms with Gasteiger partial charge in [0.25, 0.3) is 5.91 Å². The monoisotopic (exact) mass is 374 g/mol. The Morgan fingerprint density at radius 1 is 1.27 bits per heavy atom. The third-order valence-corrected chi connectivity index (χ3v) is 4.45. The number of aromatic nitrogens is 1. The molecule has 1 amide bonds. The highest BCUT2D eigenvalue weighted by molar-refractivity contribution is 6.31. The number of amides is 1.